The number of hydrogen-bond acceptors (Lipinski definition) is 4. The Kier molecular flexibility index (Phi) is 3.87. The first kappa shape index (κ1) is 14.3. The Morgan fingerprint density at radius 2 is 2.16 bits per heavy atom. The first-order chi connectivity index (χ1) is 8.86. The second-order valence-corrected chi connectivity index (χ2v) is 7.22. The highest BCUT2D eigenvalue weighted by atomic mass is 35.7. The summed E-state index contributed by atoms with van der Waals surface area (Å²) in [4.78, 5) is 13.6. The molecule has 1 amide bonds. The molecule has 1 aromatic rings. The number of aryl methyl sites for hydroxylation is 1. The van der Waals surface area contributed by atoms with Gasteiger partial charge in [-0.25, -0.2) is 8.42 Å². The van der Waals surface area contributed by atoms with Crippen molar-refractivity contribution in [1.82, 2.24) is 15.1 Å². The molecule has 2 rings (SSSR count). The molecule has 1 saturated carbocycles. The van der Waals surface area contributed by atoms with Crippen LogP contribution < -0.4 is 0 Å². The molecule has 1 fully saturated rings. The van der Waals surface area contributed by atoms with Gasteiger partial charge in [-0.2, -0.15) is 5.10 Å². The molecule has 0 saturated heterocycles. The fourth-order valence-electron chi connectivity index (χ4n) is 1.99. The first-order valence-corrected chi connectivity index (χ1v) is 8.46. The monoisotopic (exact) mass is 305 g/mol. The molecule has 0 aliphatic heterocycles. The minimum absolute atomic E-state index is 0.104. The van der Waals surface area contributed by atoms with Crippen molar-refractivity contribution in [2.24, 2.45) is 0 Å². The Morgan fingerprint density at radius 3 is 2.63 bits per heavy atom. The van der Waals surface area contributed by atoms with Crippen molar-refractivity contribution >= 4 is 25.6 Å². The van der Waals surface area contributed by atoms with E-state index in [2.05, 4.69) is 10.2 Å². The summed E-state index contributed by atoms with van der Waals surface area (Å²) in [6.45, 7) is 1.91. The van der Waals surface area contributed by atoms with Crippen LogP contribution >= 0.6 is 10.7 Å². The van der Waals surface area contributed by atoms with Gasteiger partial charge < -0.3 is 4.90 Å². The van der Waals surface area contributed by atoms with Crippen molar-refractivity contribution in [2.75, 3.05) is 7.05 Å². The largest absolute Gasteiger partial charge is 0.337 e. The number of H-pyrrole nitrogens is 1. The lowest BCUT2D eigenvalue weighted by Crippen LogP contribution is -2.30. The number of aromatic amines is 1. The van der Waals surface area contributed by atoms with E-state index in [1.54, 1.807) is 7.05 Å². The van der Waals surface area contributed by atoms with Crippen LogP contribution in [-0.4, -0.2) is 42.5 Å². The van der Waals surface area contributed by atoms with E-state index in [1.165, 1.54) is 4.90 Å². The first-order valence-electron chi connectivity index (χ1n) is 6.15. The average molecular weight is 306 g/mol. The second-order valence-electron chi connectivity index (χ2n) is 4.71. The topological polar surface area (TPSA) is 83.1 Å². The number of carbonyl (C=O) groups is 1. The van der Waals surface area contributed by atoms with E-state index in [0.717, 1.165) is 19.3 Å². The van der Waals surface area contributed by atoms with Crippen LogP contribution in [-0.2, 0) is 15.5 Å². The third kappa shape index (κ3) is 2.92. The lowest BCUT2D eigenvalue weighted by atomic mass is 10.2. The molecule has 6 nitrogen and oxygen atoms in total. The van der Waals surface area contributed by atoms with Crippen molar-refractivity contribution in [3.05, 3.63) is 11.4 Å². The van der Waals surface area contributed by atoms with Gasteiger partial charge in [0.25, 0.3) is 15.0 Å². The Morgan fingerprint density at radius 1 is 1.53 bits per heavy atom. The van der Waals surface area contributed by atoms with Crippen LogP contribution in [0.1, 0.15) is 42.4 Å². The number of rotatable bonds is 5. The van der Waals surface area contributed by atoms with Gasteiger partial charge in [0.05, 0.1) is 5.69 Å². The molecular formula is C11H16ClN3O3S. The van der Waals surface area contributed by atoms with E-state index in [0.29, 0.717) is 12.1 Å². The smallest absolute Gasteiger partial charge is 0.275 e. The molecule has 8 heteroatoms. The lowest BCUT2D eigenvalue weighted by Gasteiger charge is -2.14. The van der Waals surface area contributed by atoms with Crippen molar-refractivity contribution < 1.29 is 13.2 Å². The van der Waals surface area contributed by atoms with Crippen molar-refractivity contribution in [2.45, 2.75) is 43.5 Å². The van der Waals surface area contributed by atoms with Gasteiger partial charge in [0.2, 0.25) is 0 Å². The molecule has 19 heavy (non-hydrogen) atoms. The quantitative estimate of drug-likeness (QED) is 0.836. The number of amides is 1. The van der Waals surface area contributed by atoms with E-state index in [4.69, 9.17) is 10.7 Å². The third-order valence-corrected chi connectivity index (χ3v) is 4.54. The molecule has 1 aliphatic carbocycles. The average Bonchev–Trinajstić information content (AvgIpc) is 3.07. The summed E-state index contributed by atoms with van der Waals surface area (Å²) in [5.74, 6) is -0.402. The van der Waals surface area contributed by atoms with Crippen molar-refractivity contribution in [3.8, 4) is 0 Å². The Bertz CT molecular complexity index is 592. The van der Waals surface area contributed by atoms with E-state index in [9.17, 15) is 13.2 Å². The number of nitrogens with zero attached hydrogens (tertiary/aromatic N) is 2. The van der Waals surface area contributed by atoms with Gasteiger partial charge in [-0.3, -0.25) is 9.89 Å². The summed E-state index contributed by atoms with van der Waals surface area (Å²) in [5, 5.41) is 6.47. The minimum atomic E-state index is -4.00. The lowest BCUT2D eigenvalue weighted by molar-refractivity contribution is 0.0775. The predicted molar refractivity (Wildman–Crippen MR) is 70.7 cm³/mol. The summed E-state index contributed by atoms with van der Waals surface area (Å²) in [5.41, 5.74) is 0.290. The van der Waals surface area contributed by atoms with Gasteiger partial charge in [-0.05, 0) is 19.3 Å². The minimum Gasteiger partial charge on any atom is -0.337 e. The van der Waals surface area contributed by atoms with E-state index in [1.807, 2.05) is 6.92 Å². The number of hydrogen-bond donors (Lipinski definition) is 1. The van der Waals surface area contributed by atoms with Gasteiger partial charge in [0, 0.05) is 23.8 Å². The summed E-state index contributed by atoms with van der Waals surface area (Å²) in [6.07, 6.45) is 3.09. The van der Waals surface area contributed by atoms with Crippen LogP contribution in [0.25, 0.3) is 0 Å². The van der Waals surface area contributed by atoms with Crippen LogP contribution in [0.4, 0.5) is 0 Å². The van der Waals surface area contributed by atoms with Crippen LogP contribution in [0, 0.1) is 0 Å². The maximum Gasteiger partial charge on any atom is 0.275 e. The summed E-state index contributed by atoms with van der Waals surface area (Å²) in [6, 6.07) is 0.185. The van der Waals surface area contributed by atoms with Crippen LogP contribution in [0.15, 0.2) is 4.90 Å². The predicted octanol–water partition coefficient (Wildman–Crippen LogP) is 1.52. The molecule has 0 aromatic carbocycles. The SMILES string of the molecule is CCCc1[nH]nc(C(=O)N(C)C2CC2)c1S(=O)(=O)Cl. The fourth-order valence-corrected chi connectivity index (χ4v) is 3.29. The van der Waals surface area contributed by atoms with Gasteiger partial charge >= 0.3 is 0 Å². The highest BCUT2D eigenvalue weighted by molar-refractivity contribution is 8.13. The Hall–Kier alpha value is -1.08. The van der Waals surface area contributed by atoms with E-state index in [-0.39, 0.29) is 16.6 Å². The summed E-state index contributed by atoms with van der Waals surface area (Å²) < 4.78 is 23.3. The van der Waals surface area contributed by atoms with Gasteiger partial charge in [-0.1, -0.05) is 13.3 Å². The maximum absolute atomic E-state index is 12.2. The number of carbonyl (C=O) groups excluding carboxylic acids is 1. The highest BCUT2D eigenvalue weighted by Gasteiger charge is 2.35. The normalized spacial score (nSPS) is 15.5. The molecule has 1 N–H and O–H groups in total. The van der Waals surface area contributed by atoms with Gasteiger partial charge in [0.15, 0.2) is 5.69 Å². The number of halogens is 1. The van der Waals surface area contributed by atoms with Crippen molar-refractivity contribution in [1.29, 1.82) is 0 Å². The molecule has 0 unspecified atom stereocenters. The Labute approximate surface area is 116 Å². The van der Waals surface area contributed by atoms with E-state index >= 15 is 0 Å². The number of nitrogens with one attached hydrogen (secondary N) is 1. The molecular weight excluding hydrogens is 290 g/mol. The second kappa shape index (κ2) is 5.13. The third-order valence-electron chi connectivity index (χ3n) is 3.15. The van der Waals surface area contributed by atoms with E-state index < -0.39 is 15.0 Å². The van der Waals surface area contributed by atoms with Gasteiger partial charge in [-0.15, -0.1) is 0 Å². The van der Waals surface area contributed by atoms with Crippen LogP contribution in [0.5, 0.6) is 0 Å². The fraction of sp³-hybridized carbons (Fsp3) is 0.636. The summed E-state index contributed by atoms with van der Waals surface area (Å²) in [7, 11) is 3.09. The molecule has 0 atom stereocenters. The number of aromatic nitrogens is 2. The molecule has 0 spiro atoms. The van der Waals surface area contributed by atoms with Gasteiger partial charge in [0.1, 0.15) is 4.90 Å². The standard InChI is InChI=1S/C11H16ClN3O3S/c1-3-4-8-10(19(12,17)18)9(14-13-8)11(16)15(2)7-5-6-7/h7H,3-6H2,1-2H3,(H,13,14). The molecule has 1 aliphatic rings. The zero-order valence-electron chi connectivity index (χ0n) is 10.8. The molecule has 0 radical (unpaired) electrons. The molecule has 106 valence electrons. The molecule has 1 heterocycles. The molecule has 1 aromatic heterocycles. The summed E-state index contributed by atoms with van der Waals surface area (Å²) >= 11 is 0. The zero-order valence-corrected chi connectivity index (χ0v) is 12.4. The van der Waals surface area contributed by atoms with Crippen LogP contribution in [0.2, 0.25) is 0 Å². The maximum atomic E-state index is 12.2. The van der Waals surface area contributed by atoms with Crippen LogP contribution in [0.3, 0.4) is 0 Å². The molecule has 0 bridgehead atoms. The Balaban J connectivity index is 2.42. The zero-order chi connectivity index (χ0) is 14.2. The van der Waals surface area contributed by atoms with Crippen molar-refractivity contribution in [3.63, 3.8) is 0 Å². The highest BCUT2D eigenvalue weighted by Crippen LogP contribution is 2.29.